The quantitative estimate of drug-likeness (QED) is 0.100. The number of amides is 5. The summed E-state index contributed by atoms with van der Waals surface area (Å²) in [5.74, 6) is -2.68. The van der Waals surface area contributed by atoms with Gasteiger partial charge in [-0.2, -0.15) is 0 Å². The van der Waals surface area contributed by atoms with Gasteiger partial charge in [-0.05, 0) is 67.2 Å². The molecule has 4 heterocycles. The number of carboxylic acids is 1. The van der Waals surface area contributed by atoms with E-state index in [0.29, 0.717) is 57.3 Å². The minimum Gasteiger partial charge on any atom is -0.497 e. The number of sulfonamides is 1. The van der Waals surface area contributed by atoms with E-state index in [2.05, 4.69) is 21.3 Å². The third-order valence-corrected chi connectivity index (χ3v) is 15.4. The molecular formula is C48H62N8O10S2. The van der Waals surface area contributed by atoms with Crippen molar-refractivity contribution in [1.29, 1.82) is 0 Å². The first-order valence-electron chi connectivity index (χ1n) is 22.8. The molecular weight excluding hydrogens is 913 g/mol. The number of hydrogen-bond acceptors (Lipinski definition) is 13. The summed E-state index contributed by atoms with van der Waals surface area (Å²) in [5.41, 5.74) is -1.24. The molecule has 6 atom stereocenters. The molecule has 2 aliphatic heterocycles. The van der Waals surface area contributed by atoms with Crippen LogP contribution in [0.15, 0.2) is 58.8 Å². The standard InChI is InChI=1S/C48H62N8O10S2/c1-11-28-23-48(28,43(60)61)54-40(57)35-21-30(66-36-22-33(34-25-67-45(51-34)49-26(2)3)50-32-20-29(65-10)16-17-31(32)36)24-55(35)41(58)38(46(4,5)6)52-44(62)53-39(47(7,8)9)42(59)56-19-18-27-14-12-13-15-37(27)68(56,63)64/h12-17,20,22,25-26,28,30,35,38-39H,11,18-19,21,23-24H2,1-10H3,(H,49,51)(H,54,57)(H,60,61)(H2,52,53,62)/t28?,30-,35+,38-,39-,48-/m1/s1. The van der Waals surface area contributed by atoms with Crippen LogP contribution >= 0.6 is 11.3 Å². The minimum absolute atomic E-state index is 0.0215. The highest BCUT2D eigenvalue weighted by atomic mass is 32.2. The molecule has 0 spiro atoms. The fourth-order valence-electron chi connectivity index (χ4n) is 8.95. The fourth-order valence-corrected chi connectivity index (χ4v) is 11.5. The number of methoxy groups -OCH3 is 1. The maximum Gasteiger partial charge on any atom is 0.329 e. The van der Waals surface area contributed by atoms with Gasteiger partial charge in [-0.1, -0.05) is 73.1 Å². The summed E-state index contributed by atoms with van der Waals surface area (Å²) < 4.78 is 40.5. The molecule has 0 radical (unpaired) electrons. The van der Waals surface area contributed by atoms with E-state index in [1.165, 1.54) is 22.3 Å². The predicted molar refractivity (Wildman–Crippen MR) is 257 cm³/mol. The van der Waals surface area contributed by atoms with E-state index in [-0.39, 0.29) is 42.8 Å². The van der Waals surface area contributed by atoms with Crippen LogP contribution in [-0.2, 0) is 35.6 Å². The topological polar surface area (TPSA) is 239 Å². The molecule has 2 aromatic carbocycles. The summed E-state index contributed by atoms with van der Waals surface area (Å²) in [6, 6.07) is 8.91. The number of thiazole rings is 1. The van der Waals surface area contributed by atoms with E-state index in [4.69, 9.17) is 19.4 Å². The zero-order chi connectivity index (χ0) is 49.7. The number of pyridine rings is 1. The van der Waals surface area contributed by atoms with Crippen molar-refractivity contribution in [2.75, 3.05) is 25.5 Å². The Morgan fingerprint density at radius 1 is 0.941 bits per heavy atom. The number of rotatable bonds is 14. The number of hydrogen-bond donors (Lipinski definition) is 5. The number of aromatic nitrogens is 2. The van der Waals surface area contributed by atoms with Gasteiger partial charge in [-0.25, -0.2) is 32.3 Å². The summed E-state index contributed by atoms with van der Waals surface area (Å²) in [6.45, 7) is 15.9. The van der Waals surface area contributed by atoms with Crippen LogP contribution in [0.4, 0.5) is 9.93 Å². The lowest BCUT2D eigenvalue weighted by Gasteiger charge is -2.38. The van der Waals surface area contributed by atoms with Crippen LogP contribution in [0.25, 0.3) is 22.3 Å². The van der Waals surface area contributed by atoms with Crippen molar-refractivity contribution in [3.05, 3.63) is 59.5 Å². The number of ether oxygens (including phenoxy) is 2. The summed E-state index contributed by atoms with van der Waals surface area (Å²) in [7, 11) is -2.69. The van der Waals surface area contributed by atoms with E-state index >= 15 is 4.79 Å². The number of anilines is 1. The second-order valence-corrected chi connectivity index (χ2v) is 23.0. The number of aliphatic carboxylic acids is 1. The number of likely N-dealkylation sites (tertiary alicyclic amines) is 1. The first kappa shape index (κ1) is 49.9. The van der Waals surface area contributed by atoms with Crippen molar-refractivity contribution in [1.82, 2.24) is 35.1 Å². The van der Waals surface area contributed by atoms with Crippen molar-refractivity contribution in [3.8, 4) is 22.9 Å². The van der Waals surface area contributed by atoms with Gasteiger partial charge in [0.05, 0.1) is 29.8 Å². The average Bonchev–Trinajstić information content (AvgIpc) is 3.53. The lowest BCUT2D eigenvalue weighted by molar-refractivity contribution is -0.146. The number of carbonyl (C=O) groups excluding carboxylic acids is 4. The third kappa shape index (κ3) is 10.1. The average molecular weight is 975 g/mol. The molecule has 1 aliphatic carbocycles. The van der Waals surface area contributed by atoms with Gasteiger partial charge in [0, 0.05) is 41.9 Å². The van der Waals surface area contributed by atoms with E-state index in [1.807, 2.05) is 26.2 Å². The van der Waals surface area contributed by atoms with Gasteiger partial charge in [0.25, 0.3) is 15.9 Å². The lowest BCUT2D eigenvalue weighted by atomic mass is 9.85. The Hall–Kier alpha value is -6.02. The largest absolute Gasteiger partial charge is 0.497 e. The molecule has 2 aromatic heterocycles. The number of benzene rings is 2. The molecule has 68 heavy (non-hydrogen) atoms. The van der Waals surface area contributed by atoms with Gasteiger partial charge in [0.2, 0.25) is 11.8 Å². The minimum atomic E-state index is -4.24. The molecule has 2 fully saturated rings. The van der Waals surface area contributed by atoms with Crippen LogP contribution in [-0.4, -0.2) is 118 Å². The lowest BCUT2D eigenvalue weighted by Crippen LogP contribution is -2.63. The van der Waals surface area contributed by atoms with E-state index in [1.54, 1.807) is 91.1 Å². The van der Waals surface area contributed by atoms with Crippen LogP contribution < -0.4 is 30.7 Å². The molecule has 1 saturated heterocycles. The maximum atomic E-state index is 15.1. The maximum absolute atomic E-state index is 15.1. The van der Waals surface area contributed by atoms with Gasteiger partial charge in [0.1, 0.15) is 47.0 Å². The SMILES string of the molecule is CCC1C[C@]1(NC(=O)[C@@H]1C[C@@H](Oc2cc(-c3csc(NC(C)C)n3)nc3cc(OC)ccc23)CN1C(=O)[C@@H](NC(=O)N[C@H](C(=O)N1CCc2ccccc2S1(=O)=O)C(C)(C)C)C(C)(C)C)C(=O)O. The highest BCUT2D eigenvalue weighted by Crippen LogP contribution is 2.46. The third-order valence-electron chi connectivity index (χ3n) is 12.8. The second kappa shape index (κ2) is 18.8. The zero-order valence-corrected chi connectivity index (χ0v) is 41.8. The highest BCUT2D eigenvalue weighted by molar-refractivity contribution is 7.89. The van der Waals surface area contributed by atoms with Gasteiger partial charge < -0.3 is 40.7 Å². The molecule has 7 rings (SSSR count). The van der Waals surface area contributed by atoms with Crippen molar-refractivity contribution in [3.63, 3.8) is 0 Å². The number of carbonyl (C=O) groups is 5. The molecule has 1 saturated carbocycles. The molecule has 3 aliphatic rings. The molecule has 366 valence electrons. The van der Waals surface area contributed by atoms with Gasteiger partial charge in [0.15, 0.2) is 5.13 Å². The van der Waals surface area contributed by atoms with Crippen LogP contribution in [0.5, 0.6) is 11.5 Å². The van der Waals surface area contributed by atoms with Gasteiger partial charge in [-0.15, -0.1) is 11.3 Å². The number of urea groups is 1. The molecule has 20 heteroatoms. The van der Waals surface area contributed by atoms with Crippen LogP contribution in [0.1, 0.15) is 87.1 Å². The fraction of sp³-hybridized carbons (Fsp3) is 0.521. The molecule has 1 unspecified atom stereocenters. The number of fused-ring (bicyclic) bond motifs is 2. The van der Waals surface area contributed by atoms with Crippen molar-refractivity contribution in [2.24, 2.45) is 16.7 Å². The summed E-state index contributed by atoms with van der Waals surface area (Å²) >= 11 is 1.43. The van der Waals surface area contributed by atoms with Crippen LogP contribution in [0.2, 0.25) is 0 Å². The first-order valence-corrected chi connectivity index (χ1v) is 25.1. The van der Waals surface area contributed by atoms with Crippen LogP contribution in [0, 0.1) is 16.7 Å². The smallest absolute Gasteiger partial charge is 0.329 e. The van der Waals surface area contributed by atoms with Gasteiger partial charge in [-0.3, -0.25) is 14.4 Å². The number of nitrogens with one attached hydrogen (secondary N) is 4. The molecule has 5 amide bonds. The number of nitrogens with zero attached hydrogens (tertiary/aromatic N) is 4. The Balaban J connectivity index is 1.19. The monoisotopic (exact) mass is 974 g/mol. The Kier molecular flexibility index (Phi) is 13.8. The molecule has 0 bridgehead atoms. The predicted octanol–water partition coefficient (Wildman–Crippen LogP) is 5.81. The highest BCUT2D eigenvalue weighted by Gasteiger charge is 2.61. The Bertz CT molecular complexity index is 2730. The Morgan fingerprint density at radius 2 is 1.62 bits per heavy atom. The second-order valence-electron chi connectivity index (χ2n) is 20.3. The summed E-state index contributed by atoms with van der Waals surface area (Å²) in [6.07, 6.45) is 0.205. The van der Waals surface area contributed by atoms with E-state index in [9.17, 15) is 32.7 Å². The molecule has 5 N–H and O–H groups in total. The summed E-state index contributed by atoms with van der Waals surface area (Å²) in [4.78, 5) is 81.4. The van der Waals surface area contributed by atoms with E-state index < -0.39 is 80.3 Å². The Morgan fingerprint density at radius 3 is 2.24 bits per heavy atom. The number of carboxylic acid groups (broad SMARTS) is 1. The Labute approximate surface area is 401 Å². The van der Waals surface area contributed by atoms with E-state index in [0.717, 1.165) is 4.31 Å². The molecule has 18 nitrogen and oxygen atoms in total. The van der Waals surface area contributed by atoms with Crippen LogP contribution in [0.3, 0.4) is 0 Å². The van der Waals surface area contributed by atoms with Crippen molar-refractivity contribution < 1.29 is 47.0 Å². The van der Waals surface area contributed by atoms with Crippen molar-refractivity contribution >= 4 is 67.1 Å². The summed E-state index contributed by atoms with van der Waals surface area (Å²) in [5, 5.41) is 25.0. The first-order chi connectivity index (χ1) is 31.9. The zero-order valence-electron chi connectivity index (χ0n) is 40.1. The van der Waals surface area contributed by atoms with Gasteiger partial charge >= 0.3 is 12.0 Å². The normalized spacial score (nSPS) is 21.9. The van der Waals surface area contributed by atoms with Crippen molar-refractivity contribution in [2.45, 2.75) is 129 Å². The molecule has 4 aromatic rings.